The minimum absolute atomic E-state index is 0.0670. The normalized spacial score (nSPS) is 19.1. The molecule has 1 fully saturated rings. The molecule has 140 valence electrons. The lowest BCUT2D eigenvalue weighted by Crippen LogP contribution is -2.36. The lowest BCUT2D eigenvalue weighted by molar-refractivity contribution is 0.0954. The van der Waals surface area contributed by atoms with Gasteiger partial charge < -0.3 is 5.32 Å². The van der Waals surface area contributed by atoms with E-state index in [-0.39, 0.29) is 5.91 Å². The lowest BCUT2D eigenvalue weighted by atomic mass is 9.94. The van der Waals surface area contributed by atoms with Crippen LogP contribution in [0.1, 0.15) is 64.6 Å². The molecule has 7 heteroatoms. The van der Waals surface area contributed by atoms with Gasteiger partial charge in [-0.25, -0.2) is 4.98 Å². The van der Waals surface area contributed by atoms with E-state index in [1.54, 1.807) is 6.20 Å². The van der Waals surface area contributed by atoms with Gasteiger partial charge in [0.15, 0.2) is 0 Å². The summed E-state index contributed by atoms with van der Waals surface area (Å²) < 4.78 is 2.14. The first-order chi connectivity index (χ1) is 12.7. The minimum Gasteiger partial charge on any atom is -0.346 e. The molecule has 1 saturated carbocycles. The predicted octanol–water partition coefficient (Wildman–Crippen LogP) is 3.12. The molecule has 0 atom stereocenters. The van der Waals surface area contributed by atoms with Gasteiger partial charge in [0.2, 0.25) is 0 Å². The van der Waals surface area contributed by atoms with Crippen LogP contribution in [0.3, 0.4) is 0 Å². The summed E-state index contributed by atoms with van der Waals surface area (Å²) >= 11 is 1.42. The highest BCUT2D eigenvalue weighted by atomic mass is 32.1. The number of rotatable bonds is 4. The maximum Gasteiger partial charge on any atom is 0.263 e. The highest BCUT2D eigenvalue weighted by Crippen LogP contribution is 2.26. The Kier molecular flexibility index (Phi) is 5.36. The Morgan fingerprint density at radius 2 is 2.12 bits per heavy atom. The standard InChI is InChI=1S/C19H27N5OS/c1-14-20-12-18(26-14)19(25)21-11-15-10-17-13-23(8-5-9-24(17)22-15)16-6-3-2-4-7-16/h10,12,16H,2-9,11,13H2,1H3,(H,21,25). The molecular weight excluding hydrogens is 346 g/mol. The average molecular weight is 374 g/mol. The van der Waals surface area contributed by atoms with Crippen molar-refractivity contribution in [2.45, 2.75) is 71.1 Å². The molecule has 1 aliphatic heterocycles. The van der Waals surface area contributed by atoms with Crippen molar-refractivity contribution in [3.05, 3.63) is 33.5 Å². The molecule has 0 aromatic carbocycles. The number of hydrogen-bond donors (Lipinski definition) is 1. The quantitative estimate of drug-likeness (QED) is 0.894. The number of amides is 1. The van der Waals surface area contributed by atoms with Crippen molar-refractivity contribution >= 4 is 17.2 Å². The molecule has 3 heterocycles. The Morgan fingerprint density at radius 3 is 2.88 bits per heavy atom. The van der Waals surface area contributed by atoms with Crippen molar-refractivity contribution in [1.29, 1.82) is 0 Å². The van der Waals surface area contributed by atoms with E-state index >= 15 is 0 Å². The fourth-order valence-corrected chi connectivity index (χ4v) is 4.81. The van der Waals surface area contributed by atoms with Crippen LogP contribution in [0.15, 0.2) is 12.3 Å². The fraction of sp³-hybridized carbons (Fsp3) is 0.632. The van der Waals surface area contributed by atoms with Crippen LogP contribution in [-0.2, 0) is 19.6 Å². The molecule has 1 amide bonds. The summed E-state index contributed by atoms with van der Waals surface area (Å²) in [6, 6.07) is 2.90. The van der Waals surface area contributed by atoms with Crippen LogP contribution in [-0.4, -0.2) is 38.2 Å². The number of nitrogens with one attached hydrogen (secondary N) is 1. The van der Waals surface area contributed by atoms with Gasteiger partial charge in [-0.2, -0.15) is 5.10 Å². The number of aromatic nitrogens is 3. The number of hydrogen-bond acceptors (Lipinski definition) is 5. The van der Waals surface area contributed by atoms with Gasteiger partial charge in [-0.15, -0.1) is 11.3 Å². The first-order valence-corrected chi connectivity index (χ1v) is 10.5. The highest BCUT2D eigenvalue weighted by Gasteiger charge is 2.24. The van der Waals surface area contributed by atoms with Gasteiger partial charge in [-0.3, -0.25) is 14.4 Å². The lowest BCUT2D eigenvalue weighted by Gasteiger charge is -2.33. The Hall–Kier alpha value is -1.73. The van der Waals surface area contributed by atoms with Crippen LogP contribution in [0.4, 0.5) is 0 Å². The van der Waals surface area contributed by atoms with Gasteiger partial charge in [0.05, 0.1) is 29.1 Å². The summed E-state index contributed by atoms with van der Waals surface area (Å²) in [5.74, 6) is -0.0670. The zero-order valence-corrected chi connectivity index (χ0v) is 16.2. The molecule has 0 spiro atoms. The van der Waals surface area contributed by atoms with Crippen molar-refractivity contribution < 1.29 is 4.79 Å². The van der Waals surface area contributed by atoms with Crippen molar-refractivity contribution in [1.82, 2.24) is 25.0 Å². The average Bonchev–Trinajstić information content (AvgIpc) is 3.21. The van der Waals surface area contributed by atoms with E-state index in [2.05, 4.69) is 25.9 Å². The monoisotopic (exact) mass is 373 g/mol. The topological polar surface area (TPSA) is 63.1 Å². The summed E-state index contributed by atoms with van der Waals surface area (Å²) in [6.45, 7) is 5.51. The number of nitrogens with zero attached hydrogens (tertiary/aromatic N) is 4. The third-order valence-electron chi connectivity index (χ3n) is 5.46. The Bertz CT molecular complexity index is 762. The molecule has 2 aromatic heterocycles. The van der Waals surface area contributed by atoms with E-state index in [1.165, 1.54) is 55.7 Å². The molecule has 1 N–H and O–H groups in total. The molecule has 1 aliphatic carbocycles. The van der Waals surface area contributed by atoms with Crippen LogP contribution >= 0.6 is 11.3 Å². The molecule has 4 rings (SSSR count). The molecule has 2 aromatic rings. The van der Waals surface area contributed by atoms with Crippen molar-refractivity contribution in [2.75, 3.05) is 6.54 Å². The van der Waals surface area contributed by atoms with Gasteiger partial charge in [0, 0.05) is 25.7 Å². The van der Waals surface area contributed by atoms with Crippen molar-refractivity contribution in [2.24, 2.45) is 0 Å². The molecule has 2 aliphatic rings. The Morgan fingerprint density at radius 1 is 1.27 bits per heavy atom. The second-order valence-corrected chi connectivity index (χ2v) is 8.63. The summed E-state index contributed by atoms with van der Waals surface area (Å²) in [7, 11) is 0. The van der Waals surface area contributed by atoms with Gasteiger partial charge in [-0.1, -0.05) is 19.3 Å². The first-order valence-electron chi connectivity index (χ1n) is 9.69. The third-order valence-corrected chi connectivity index (χ3v) is 6.37. The van der Waals surface area contributed by atoms with E-state index in [1.807, 2.05) is 6.92 Å². The van der Waals surface area contributed by atoms with Gasteiger partial charge >= 0.3 is 0 Å². The van der Waals surface area contributed by atoms with Crippen molar-refractivity contribution in [3.63, 3.8) is 0 Å². The number of carbonyl (C=O) groups excluding carboxylic acids is 1. The van der Waals surface area contributed by atoms with E-state index in [4.69, 9.17) is 5.10 Å². The predicted molar refractivity (Wildman–Crippen MR) is 102 cm³/mol. The van der Waals surface area contributed by atoms with E-state index < -0.39 is 0 Å². The Balaban J connectivity index is 1.39. The number of fused-ring (bicyclic) bond motifs is 1. The Labute approximate surface area is 158 Å². The zero-order chi connectivity index (χ0) is 17.9. The molecule has 0 radical (unpaired) electrons. The van der Waals surface area contributed by atoms with Crippen LogP contribution in [0.5, 0.6) is 0 Å². The van der Waals surface area contributed by atoms with Gasteiger partial charge in [0.25, 0.3) is 5.91 Å². The van der Waals surface area contributed by atoms with Crippen LogP contribution in [0.25, 0.3) is 0 Å². The molecule has 0 saturated heterocycles. The largest absolute Gasteiger partial charge is 0.346 e. The summed E-state index contributed by atoms with van der Waals surface area (Å²) in [6.07, 6.45) is 9.60. The van der Waals surface area contributed by atoms with Crippen LogP contribution in [0, 0.1) is 6.92 Å². The maximum atomic E-state index is 12.2. The summed E-state index contributed by atoms with van der Waals surface area (Å²) in [5.41, 5.74) is 2.23. The van der Waals surface area contributed by atoms with Crippen molar-refractivity contribution in [3.8, 4) is 0 Å². The van der Waals surface area contributed by atoms with Crippen LogP contribution < -0.4 is 5.32 Å². The van der Waals surface area contributed by atoms with E-state index in [9.17, 15) is 4.79 Å². The molecule has 0 bridgehead atoms. The minimum atomic E-state index is -0.0670. The second kappa shape index (κ2) is 7.88. The highest BCUT2D eigenvalue weighted by molar-refractivity contribution is 7.13. The SMILES string of the molecule is Cc1ncc(C(=O)NCc2cc3n(n2)CCCN(C2CCCCC2)C3)s1. The van der Waals surface area contributed by atoms with Gasteiger partial charge in [-0.05, 0) is 32.3 Å². The van der Waals surface area contributed by atoms with E-state index in [0.717, 1.165) is 36.3 Å². The molecule has 26 heavy (non-hydrogen) atoms. The number of carbonyl (C=O) groups is 1. The van der Waals surface area contributed by atoms with Crippen LogP contribution in [0.2, 0.25) is 0 Å². The second-order valence-electron chi connectivity index (χ2n) is 7.39. The number of thiazole rings is 1. The first kappa shape index (κ1) is 17.7. The molecular formula is C19H27N5OS. The number of aryl methyl sites for hydroxylation is 2. The summed E-state index contributed by atoms with van der Waals surface area (Å²) in [4.78, 5) is 19.7. The third kappa shape index (κ3) is 3.99. The fourth-order valence-electron chi connectivity index (χ4n) is 4.12. The molecule has 0 unspecified atom stereocenters. The zero-order valence-electron chi connectivity index (χ0n) is 15.4. The summed E-state index contributed by atoms with van der Waals surface area (Å²) in [5, 5.41) is 8.60. The molecule has 6 nitrogen and oxygen atoms in total. The smallest absolute Gasteiger partial charge is 0.263 e. The van der Waals surface area contributed by atoms with Gasteiger partial charge in [0.1, 0.15) is 4.88 Å². The van der Waals surface area contributed by atoms with E-state index in [0.29, 0.717) is 11.4 Å². The maximum absolute atomic E-state index is 12.2.